The quantitative estimate of drug-likeness (QED) is 0.786. The van der Waals surface area contributed by atoms with Crippen molar-refractivity contribution in [2.24, 2.45) is 0 Å². The van der Waals surface area contributed by atoms with E-state index >= 15 is 0 Å². The average molecular weight is 392 g/mol. The Morgan fingerprint density at radius 2 is 2.19 bits per heavy atom. The molecule has 0 saturated heterocycles. The molecule has 3 rings (SSSR count). The van der Waals surface area contributed by atoms with Gasteiger partial charge in [-0.05, 0) is 19.8 Å². The van der Waals surface area contributed by atoms with Gasteiger partial charge in [-0.15, -0.1) is 0 Å². The molecule has 0 bridgehead atoms. The zero-order chi connectivity index (χ0) is 18.9. The summed E-state index contributed by atoms with van der Waals surface area (Å²) in [6.07, 6.45) is -0.214. The molecule has 0 spiro atoms. The molecule has 0 atom stereocenters. The van der Waals surface area contributed by atoms with Crippen molar-refractivity contribution in [2.45, 2.75) is 45.1 Å². The number of amides is 1. The Morgan fingerprint density at radius 1 is 1.46 bits per heavy atom. The lowest BCUT2D eigenvalue weighted by molar-refractivity contribution is -0.141. The number of anilines is 1. The largest absolute Gasteiger partial charge is 0.436 e. The molecule has 0 radical (unpaired) electrons. The fraction of sp³-hybridized carbons (Fsp3) is 0.533. The second-order valence-corrected chi connectivity index (χ2v) is 6.29. The summed E-state index contributed by atoms with van der Waals surface area (Å²) in [6, 6.07) is 0. The van der Waals surface area contributed by atoms with Gasteiger partial charge in [0.25, 0.3) is 0 Å². The first kappa shape index (κ1) is 18.7. The highest BCUT2D eigenvalue weighted by atomic mass is 35.5. The molecule has 1 aliphatic carbocycles. The normalized spacial score (nSPS) is 14.7. The van der Waals surface area contributed by atoms with Crippen molar-refractivity contribution in [3.63, 3.8) is 0 Å². The molecular formula is C15H17ClF3N5O2. The molecule has 142 valence electrons. The van der Waals surface area contributed by atoms with Crippen LogP contribution in [0.2, 0.25) is 5.02 Å². The van der Waals surface area contributed by atoms with Crippen LogP contribution in [0.5, 0.6) is 0 Å². The van der Waals surface area contributed by atoms with Crippen LogP contribution in [0.15, 0.2) is 12.4 Å². The third-order valence-corrected chi connectivity index (χ3v) is 4.17. The van der Waals surface area contributed by atoms with Gasteiger partial charge in [-0.25, -0.2) is 4.68 Å². The van der Waals surface area contributed by atoms with E-state index in [1.54, 1.807) is 6.20 Å². The lowest BCUT2D eigenvalue weighted by Gasteiger charge is -2.07. The highest BCUT2D eigenvalue weighted by Crippen LogP contribution is 2.46. The zero-order valence-electron chi connectivity index (χ0n) is 13.9. The van der Waals surface area contributed by atoms with Gasteiger partial charge in [0.15, 0.2) is 5.69 Å². The maximum Gasteiger partial charge on any atom is 0.436 e. The molecular weight excluding hydrogens is 375 g/mol. The standard InChI is InChI=1S/C15H17ClF3N5O2/c1-2-26-8-23-6-10(5-20-23)21-11(25)7-24-13(9-3-4-9)12(16)14(22-24)15(17,18)19/h5-6,9H,2-4,7-8H2,1H3,(H,21,25). The van der Waals surface area contributed by atoms with Gasteiger partial charge in [-0.1, -0.05) is 11.6 Å². The van der Waals surface area contributed by atoms with E-state index in [2.05, 4.69) is 15.5 Å². The van der Waals surface area contributed by atoms with E-state index in [-0.39, 0.29) is 24.9 Å². The lowest BCUT2D eigenvalue weighted by atomic mass is 10.2. The number of rotatable bonds is 7. The number of carbonyl (C=O) groups excluding carboxylic acids is 1. The van der Waals surface area contributed by atoms with Crippen LogP contribution in [0.3, 0.4) is 0 Å². The second-order valence-electron chi connectivity index (χ2n) is 5.92. The molecule has 0 aromatic carbocycles. The number of nitrogens with one attached hydrogen (secondary N) is 1. The molecule has 1 N–H and O–H groups in total. The number of halogens is 4. The maximum absolute atomic E-state index is 13.0. The molecule has 1 aliphatic rings. The van der Waals surface area contributed by atoms with E-state index in [0.29, 0.717) is 12.3 Å². The van der Waals surface area contributed by atoms with Gasteiger partial charge in [-0.2, -0.15) is 23.4 Å². The summed E-state index contributed by atoms with van der Waals surface area (Å²) >= 11 is 5.88. The van der Waals surface area contributed by atoms with E-state index in [1.165, 1.54) is 10.9 Å². The Labute approximate surface area is 152 Å². The summed E-state index contributed by atoms with van der Waals surface area (Å²) < 4.78 is 46.8. The molecule has 0 unspecified atom stereocenters. The highest BCUT2D eigenvalue weighted by molar-refractivity contribution is 6.32. The molecule has 11 heteroatoms. The van der Waals surface area contributed by atoms with Gasteiger partial charge in [0.2, 0.25) is 5.91 Å². The smallest absolute Gasteiger partial charge is 0.360 e. The Morgan fingerprint density at radius 3 is 2.81 bits per heavy atom. The minimum absolute atomic E-state index is 0.0900. The number of ether oxygens (including phenoxy) is 1. The van der Waals surface area contributed by atoms with Crippen LogP contribution in [0.4, 0.5) is 18.9 Å². The Kier molecular flexibility index (Phi) is 5.24. The monoisotopic (exact) mass is 391 g/mol. The van der Waals surface area contributed by atoms with Gasteiger partial charge in [0, 0.05) is 12.5 Å². The number of hydrogen-bond acceptors (Lipinski definition) is 4. The molecule has 1 amide bonds. The number of nitrogens with zero attached hydrogens (tertiary/aromatic N) is 4. The zero-order valence-corrected chi connectivity index (χ0v) is 14.6. The fourth-order valence-electron chi connectivity index (χ4n) is 2.52. The van der Waals surface area contributed by atoms with E-state index in [0.717, 1.165) is 17.5 Å². The average Bonchev–Trinajstić information content (AvgIpc) is 3.19. The van der Waals surface area contributed by atoms with Crippen molar-refractivity contribution in [1.29, 1.82) is 0 Å². The molecule has 2 aromatic heterocycles. The lowest BCUT2D eigenvalue weighted by Crippen LogP contribution is -2.21. The number of hydrogen-bond donors (Lipinski definition) is 1. The number of alkyl halides is 3. The van der Waals surface area contributed by atoms with Crippen LogP contribution in [-0.4, -0.2) is 32.1 Å². The van der Waals surface area contributed by atoms with Crippen molar-refractivity contribution in [1.82, 2.24) is 19.6 Å². The first-order valence-corrected chi connectivity index (χ1v) is 8.40. The summed E-state index contributed by atoms with van der Waals surface area (Å²) in [5.41, 5.74) is -0.475. The summed E-state index contributed by atoms with van der Waals surface area (Å²) in [7, 11) is 0. The van der Waals surface area contributed by atoms with Crippen LogP contribution in [0.25, 0.3) is 0 Å². The summed E-state index contributed by atoms with van der Waals surface area (Å²) in [4.78, 5) is 12.2. The SMILES string of the molecule is CCOCn1cc(NC(=O)Cn2nc(C(F)(F)F)c(Cl)c2C2CC2)cn1. The number of carbonyl (C=O) groups is 1. The third-order valence-electron chi connectivity index (χ3n) is 3.80. The van der Waals surface area contributed by atoms with Gasteiger partial charge in [0.1, 0.15) is 13.3 Å². The predicted octanol–water partition coefficient (Wildman–Crippen LogP) is 3.26. The molecule has 1 saturated carbocycles. The van der Waals surface area contributed by atoms with Crippen molar-refractivity contribution < 1.29 is 22.7 Å². The van der Waals surface area contributed by atoms with Crippen LogP contribution in [0.1, 0.15) is 37.1 Å². The van der Waals surface area contributed by atoms with Gasteiger partial charge in [0.05, 0.1) is 28.8 Å². The minimum atomic E-state index is -4.66. The summed E-state index contributed by atoms with van der Waals surface area (Å²) in [5.74, 6) is -0.608. The fourth-order valence-corrected chi connectivity index (χ4v) is 2.92. The Balaban J connectivity index is 1.72. The topological polar surface area (TPSA) is 74.0 Å². The molecule has 1 fully saturated rings. The van der Waals surface area contributed by atoms with Crippen molar-refractivity contribution >= 4 is 23.2 Å². The summed E-state index contributed by atoms with van der Waals surface area (Å²) in [6.45, 7) is 2.24. The van der Waals surface area contributed by atoms with Gasteiger partial charge < -0.3 is 10.1 Å². The molecule has 2 heterocycles. The third kappa shape index (κ3) is 4.18. The number of aromatic nitrogens is 4. The first-order valence-electron chi connectivity index (χ1n) is 8.03. The Hall–Kier alpha value is -2.07. The summed E-state index contributed by atoms with van der Waals surface area (Å²) in [5, 5.41) is 9.69. The molecule has 26 heavy (non-hydrogen) atoms. The van der Waals surface area contributed by atoms with Crippen LogP contribution >= 0.6 is 11.6 Å². The predicted molar refractivity (Wildman–Crippen MR) is 86.7 cm³/mol. The van der Waals surface area contributed by atoms with Crippen molar-refractivity contribution in [2.75, 3.05) is 11.9 Å². The second kappa shape index (κ2) is 7.28. The van der Waals surface area contributed by atoms with Crippen molar-refractivity contribution in [3.8, 4) is 0 Å². The maximum atomic E-state index is 13.0. The van der Waals surface area contributed by atoms with Gasteiger partial charge in [-0.3, -0.25) is 9.48 Å². The van der Waals surface area contributed by atoms with Crippen LogP contribution in [-0.2, 0) is 29.0 Å². The minimum Gasteiger partial charge on any atom is -0.360 e. The Bertz CT molecular complexity index is 798. The van der Waals surface area contributed by atoms with Crippen LogP contribution in [0, 0.1) is 0 Å². The molecule has 7 nitrogen and oxygen atoms in total. The van der Waals surface area contributed by atoms with Gasteiger partial charge >= 0.3 is 6.18 Å². The van der Waals surface area contributed by atoms with E-state index < -0.39 is 22.8 Å². The molecule has 0 aliphatic heterocycles. The first-order chi connectivity index (χ1) is 12.3. The van der Waals surface area contributed by atoms with Crippen LogP contribution < -0.4 is 5.32 Å². The highest BCUT2D eigenvalue weighted by Gasteiger charge is 2.42. The van der Waals surface area contributed by atoms with E-state index in [9.17, 15) is 18.0 Å². The van der Waals surface area contributed by atoms with E-state index in [4.69, 9.17) is 16.3 Å². The van der Waals surface area contributed by atoms with E-state index in [1.807, 2.05) is 6.92 Å². The molecule has 2 aromatic rings. The van der Waals surface area contributed by atoms with Crippen molar-refractivity contribution in [3.05, 3.63) is 28.8 Å².